The van der Waals surface area contributed by atoms with Gasteiger partial charge in [-0.05, 0) is 18.2 Å². The molecule has 2 heterocycles. The second-order valence-electron chi connectivity index (χ2n) is 6.10. The fourth-order valence-corrected chi connectivity index (χ4v) is 2.96. The zero-order valence-electron chi connectivity index (χ0n) is 12.8. The Morgan fingerprint density at radius 1 is 1.23 bits per heavy atom. The summed E-state index contributed by atoms with van der Waals surface area (Å²) in [5.41, 5.74) is 1.46. The largest absolute Gasteiger partial charge is 0.486 e. The number of ether oxygens (including phenoxy) is 2. The van der Waals surface area contributed by atoms with Crippen molar-refractivity contribution in [2.45, 2.75) is 26.2 Å². The van der Waals surface area contributed by atoms with Gasteiger partial charge < -0.3 is 9.47 Å². The Labute approximate surface area is 133 Å². The number of nitrogens with zero attached hydrogens (tertiary/aromatic N) is 1. The predicted octanol–water partition coefficient (Wildman–Crippen LogP) is 3.46. The summed E-state index contributed by atoms with van der Waals surface area (Å²) < 4.78 is 10.9. The Kier molecular flexibility index (Phi) is 3.78. The molecule has 3 rings (SSSR count). The van der Waals surface area contributed by atoms with Crippen LogP contribution in [-0.4, -0.2) is 24.1 Å². The van der Waals surface area contributed by atoms with E-state index in [2.05, 4.69) is 31.1 Å². The van der Waals surface area contributed by atoms with E-state index < -0.39 is 0 Å². The Morgan fingerprint density at radius 3 is 2.64 bits per heavy atom. The number of hydrogen-bond donors (Lipinski definition) is 1. The fraction of sp³-hybridized carbons (Fsp3) is 0.375. The van der Waals surface area contributed by atoms with Crippen molar-refractivity contribution in [1.29, 1.82) is 0 Å². The molecule has 0 aliphatic carbocycles. The van der Waals surface area contributed by atoms with Gasteiger partial charge in [-0.2, -0.15) is 0 Å². The van der Waals surface area contributed by atoms with Gasteiger partial charge in [0.2, 0.25) is 0 Å². The lowest BCUT2D eigenvalue weighted by Crippen LogP contribution is -2.17. The quantitative estimate of drug-likeness (QED) is 0.921. The molecule has 1 aromatic carbocycles. The van der Waals surface area contributed by atoms with E-state index in [4.69, 9.17) is 9.47 Å². The predicted molar refractivity (Wildman–Crippen MR) is 86.2 cm³/mol. The van der Waals surface area contributed by atoms with Crippen molar-refractivity contribution in [1.82, 2.24) is 4.98 Å². The summed E-state index contributed by atoms with van der Waals surface area (Å²) in [6, 6.07) is 5.18. The average molecular weight is 318 g/mol. The first-order chi connectivity index (χ1) is 10.4. The van der Waals surface area contributed by atoms with Crippen LogP contribution >= 0.6 is 11.3 Å². The second-order valence-corrected chi connectivity index (χ2v) is 6.96. The van der Waals surface area contributed by atoms with Crippen LogP contribution in [0.3, 0.4) is 0 Å². The maximum atomic E-state index is 12.3. The summed E-state index contributed by atoms with van der Waals surface area (Å²) in [4.78, 5) is 16.8. The van der Waals surface area contributed by atoms with Crippen molar-refractivity contribution in [3.63, 3.8) is 0 Å². The third-order valence-electron chi connectivity index (χ3n) is 3.30. The monoisotopic (exact) mass is 318 g/mol. The molecule has 1 aromatic heterocycles. The van der Waals surface area contributed by atoms with Gasteiger partial charge in [0, 0.05) is 16.4 Å². The van der Waals surface area contributed by atoms with E-state index in [1.165, 1.54) is 11.3 Å². The number of carbonyl (C=O) groups excluding carboxylic acids is 1. The molecular formula is C16H18N2O3S. The number of fused-ring (bicyclic) bond motifs is 1. The first kappa shape index (κ1) is 14.8. The molecule has 116 valence electrons. The Balaban J connectivity index is 1.76. The number of aromatic nitrogens is 1. The van der Waals surface area contributed by atoms with E-state index in [1.807, 2.05) is 5.38 Å². The molecule has 6 heteroatoms. The highest BCUT2D eigenvalue weighted by Gasteiger charge is 2.19. The lowest BCUT2D eigenvalue weighted by atomic mass is 9.93. The van der Waals surface area contributed by atoms with Crippen LogP contribution in [0.2, 0.25) is 0 Å². The molecule has 0 fully saturated rings. The van der Waals surface area contributed by atoms with Crippen LogP contribution in [0.1, 0.15) is 36.8 Å². The molecule has 5 nitrogen and oxygen atoms in total. The topological polar surface area (TPSA) is 60.5 Å². The normalized spacial score (nSPS) is 13.8. The number of anilines is 1. The molecule has 1 aliphatic heterocycles. The van der Waals surface area contributed by atoms with Crippen molar-refractivity contribution in [3.05, 3.63) is 34.8 Å². The Morgan fingerprint density at radius 2 is 1.95 bits per heavy atom. The maximum Gasteiger partial charge on any atom is 0.257 e. The maximum absolute atomic E-state index is 12.3. The van der Waals surface area contributed by atoms with Gasteiger partial charge in [0.15, 0.2) is 16.6 Å². The van der Waals surface area contributed by atoms with Crippen LogP contribution in [0, 0.1) is 0 Å². The van der Waals surface area contributed by atoms with Gasteiger partial charge in [0.1, 0.15) is 13.2 Å². The van der Waals surface area contributed by atoms with E-state index in [9.17, 15) is 4.79 Å². The van der Waals surface area contributed by atoms with Crippen LogP contribution in [0.5, 0.6) is 11.5 Å². The smallest absolute Gasteiger partial charge is 0.257 e. The van der Waals surface area contributed by atoms with Gasteiger partial charge >= 0.3 is 0 Å². The summed E-state index contributed by atoms with van der Waals surface area (Å²) in [5.74, 6) is 1.08. The molecular weight excluding hydrogens is 300 g/mol. The highest BCUT2D eigenvalue weighted by molar-refractivity contribution is 7.14. The van der Waals surface area contributed by atoms with Crippen LogP contribution in [0.15, 0.2) is 23.6 Å². The van der Waals surface area contributed by atoms with Crippen molar-refractivity contribution in [2.24, 2.45) is 0 Å². The van der Waals surface area contributed by atoms with E-state index in [0.29, 0.717) is 35.4 Å². The van der Waals surface area contributed by atoms with Gasteiger partial charge in [0.25, 0.3) is 5.91 Å². The molecule has 1 aliphatic rings. The van der Waals surface area contributed by atoms with Crippen molar-refractivity contribution >= 4 is 22.4 Å². The minimum Gasteiger partial charge on any atom is -0.486 e. The first-order valence-corrected chi connectivity index (χ1v) is 7.98. The summed E-state index contributed by atoms with van der Waals surface area (Å²) in [6.45, 7) is 7.31. The number of benzene rings is 1. The summed E-state index contributed by atoms with van der Waals surface area (Å²) in [7, 11) is 0. The van der Waals surface area contributed by atoms with Gasteiger partial charge in [-0.3, -0.25) is 10.1 Å². The minimum atomic E-state index is -0.202. The summed E-state index contributed by atoms with van der Waals surface area (Å²) in [5, 5.41) is 5.40. The van der Waals surface area contributed by atoms with Crippen LogP contribution < -0.4 is 14.8 Å². The third kappa shape index (κ3) is 3.06. The lowest BCUT2D eigenvalue weighted by Gasteiger charge is -2.18. The van der Waals surface area contributed by atoms with Crippen LogP contribution in [-0.2, 0) is 5.41 Å². The average Bonchev–Trinajstić information content (AvgIpc) is 2.95. The standard InChI is InChI=1S/C16H18N2O3S/c1-16(2,3)13-9-22-15(17-13)18-14(19)10-4-5-11-12(8-10)21-7-6-20-11/h4-5,8-9H,6-7H2,1-3H3,(H,17,18,19). The highest BCUT2D eigenvalue weighted by Crippen LogP contribution is 2.31. The zero-order chi connectivity index (χ0) is 15.7. The highest BCUT2D eigenvalue weighted by atomic mass is 32.1. The fourth-order valence-electron chi connectivity index (χ4n) is 2.03. The van der Waals surface area contributed by atoms with E-state index >= 15 is 0 Å². The minimum absolute atomic E-state index is 0.0313. The number of thiazole rings is 1. The van der Waals surface area contributed by atoms with Gasteiger partial charge in [-0.1, -0.05) is 20.8 Å². The number of carbonyl (C=O) groups is 1. The molecule has 22 heavy (non-hydrogen) atoms. The summed E-state index contributed by atoms with van der Waals surface area (Å²) in [6.07, 6.45) is 0. The molecule has 1 amide bonds. The number of rotatable bonds is 2. The number of nitrogens with one attached hydrogen (secondary N) is 1. The zero-order valence-corrected chi connectivity index (χ0v) is 13.6. The van der Waals surface area contributed by atoms with Crippen LogP contribution in [0.25, 0.3) is 0 Å². The molecule has 0 saturated carbocycles. The van der Waals surface area contributed by atoms with Gasteiger partial charge in [0.05, 0.1) is 5.69 Å². The number of amides is 1. The molecule has 0 unspecified atom stereocenters. The molecule has 0 atom stereocenters. The third-order valence-corrected chi connectivity index (χ3v) is 4.06. The van der Waals surface area contributed by atoms with E-state index in [0.717, 1.165) is 5.69 Å². The SMILES string of the molecule is CC(C)(C)c1csc(NC(=O)c2ccc3c(c2)OCCO3)n1. The van der Waals surface area contributed by atoms with E-state index in [-0.39, 0.29) is 11.3 Å². The second kappa shape index (κ2) is 5.61. The number of hydrogen-bond acceptors (Lipinski definition) is 5. The summed E-state index contributed by atoms with van der Waals surface area (Å²) >= 11 is 1.43. The Bertz CT molecular complexity index is 704. The van der Waals surface area contributed by atoms with Gasteiger partial charge in [-0.15, -0.1) is 11.3 Å². The lowest BCUT2D eigenvalue weighted by molar-refractivity contribution is 0.102. The Hall–Kier alpha value is -2.08. The molecule has 0 radical (unpaired) electrons. The van der Waals surface area contributed by atoms with Crippen molar-refractivity contribution < 1.29 is 14.3 Å². The molecule has 0 spiro atoms. The van der Waals surface area contributed by atoms with E-state index in [1.54, 1.807) is 18.2 Å². The molecule has 0 bridgehead atoms. The van der Waals surface area contributed by atoms with Crippen LogP contribution in [0.4, 0.5) is 5.13 Å². The first-order valence-electron chi connectivity index (χ1n) is 7.10. The molecule has 1 N–H and O–H groups in total. The molecule has 0 saturated heterocycles. The van der Waals surface area contributed by atoms with Gasteiger partial charge in [-0.25, -0.2) is 4.98 Å². The van der Waals surface area contributed by atoms with Crippen molar-refractivity contribution in [3.8, 4) is 11.5 Å². The molecule has 2 aromatic rings. The van der Waals surface area contributed by atoms with Crippen molar-refractivity contribution in [2.75, 3.05) is 18.5 Å².